The summed E-state index contributed by atoms with van der Waals surface area (Å²) in [6.45, 7) is 2.52. The Balaban J connectivity index is 1.90. The van der Waals surface area contributed by atoms with E-state index in [2.05, 4.69) is 33.1 Å². The van der Waals surface area contributed by atoms with Gasteiger partial charge in [-0.25, -0.2) is 4.79 Å². The minimum absolute atomic E-state index is 0.350. The Bertz CT molecular complexity index is 404. The van der Waals surface area contributed by atoms with Gasteiger partial charge in [0.2, 0.25) is 0 Å². The first-order valence-electron chi connectivity index (χ1n) is 5.72. The van der Waals surface area contributed by atoms with Crippen molar-refractivity contribution in [2.45, 2.75) is 25.7 Å². The fourth-order valence-electron chi connectivity index (χ4n) is 1.53. The molecule has 6 heteroatoms. The molecule has 1 fully saturated rings. The lowest BCUT2D eigenvalue weighted by molar-refractivity contribution is 0.0522. The van der Waals surface area contributed by atoms with Crippen LogP contribution in [0.4, 0.5) is 0 Å². The van der Waals surface area contributed by atoms with Crippen LogP contribution in [0.25, 0.3) is 0 Å². The molecule has 0 atom stereocenters. The second kappa shape index (κ2) is 5.91. The van der Waals surface area contributed by atoms with E-state index in [1.807, 2.05) is 0 Å². The number of carbonyl (C=O) groups is 1. The van der Waals surface area contributed by atoms with Gasteiger partial charge in [-0.2, -0.15) is 16.9 Å². The first-order chi connectivity index (χ1) is 8.24. The molecule has 94 valence electrons. The standard InChI is InChI=1S/C11H15BrN2O2S/c1-2-17-6-5-16-11(15)10-8(12)9(13-14-10)7-3-4-7/h7H,2-6H2,1H3,(H,13,14). The van der Waals surface area contributed by atoms with Crippen molar-refractivity contribution < 1.29 is 9.53 Å². The molecule has 2 rings (SSSR count). The molecule has 0 amide bonds. The van der Waals surface area contributed by atoms with E-state index in [9.17, 15) is 4.79 Å². The SMILES string of the molecule is CCSCCOC(=O)c1n[nH]c(C2CC2)c1Br. The monoisotopic (exact) mass is 318 g/mol. The molecule has 17 heavy (non-hydrogen) atoms. The minimum Gasteiger partial charge on any atom is -0.460 e. The van der Waals surface area contributed by atoms with Gasteiger partial charge in [0.1, 0.15) is 6.61 Å². The van der Waals surface area contributed by atoms with Crippen LogP contribution >= 0.6 is 27.7 Å². The van der Waals surface area contributed by atoms with Crippen LogP contribution in [0.3, 0.4) is 0 Å². The molecule has 1 aromatic heterocycles. The highest BCUT2D eigenvalue weighted by molar-refractivity contribution is 9.10. The number of rotatable bonds is 6. The topological polar surface area (TPSA) is 55.0 Å². The smallest absolute Gasteiger partial charge is 0.360 e. The molecule has 1 aliphatic carbocycles. The highest BCUT2D eigenvalue weighted by atomic mass is 79.9. The normalized spacial score (nSPS) is 14.9. The van der Waals surface area contributed by atoms with Crippen LogP contribution in [-0.4, -0.2) is 34.3 Å². The van der Waals surface area contributed by atoms with Crippen molar-refractivity contribution in [2.75, 3.05) is 18.1 Å². The zero-order chi connectivity index (χ0) is 12.3. The number of thioether (sulfide) groups is 1. The molecule has 0 bridgehead atoms. The molecular weight excluding hydrogens is 304 g/mol. The molecule has 1 aromatic rings. The Morgan fingerprint density at radius 3 is 3.06 bits per heavy atom. The first kappa shape index (κ1) is 13.0. The number of H-pyrrole nitrogens is 1. The quantitative estimate of drug-likeness (QED) is 0.647. The molecular formula is C11H15BrN2O2S. The number of esters is 1. The number of hydrogen-bond acceptors (Lipinski definition) is 4. The van der Waals surface area contributed by atoms with Crippen molar-refractivity contribution in [1.29, 1.82) is 0 Å². The van der Waals surface area contributed by atoms with E-state index in [1.165, 1.54) is 12.8 Å². The van der Waals surface area contributed by atoms with Crippen LogP contribution < -0.4 is 0 Å². The molecule has 0 radical (unpaired) electrons. The molecule has 0 aromatic carbocycles. The van der Waals surface area contributed by atoms with Gasteiger partial charge in [-0.15, -0.1) is 0 Å². The number of carbonyl (C=O) groups excluding carboxylic acids is 1. The molecule has 1 heterocycles. The van der Waals surface area contributed by atoms with Gasteiger partial charge in [-0.1, -0.05) is 6.92 Å². The number of ether oxygens (including phenoxy) is 1. The van der Waals surface area contributed by atoms with Gasteiger partial charge in [0.25, 0.3) is 0 Å². The number of nitrogens with one attached hydrogen (secondary N) is 1. The number of halogens is 1. The van der Waals surface area contributed by atoms with Crippen molar-refractivity contribution in [3.8, 4) is 0 Å². The van der Waals surface area contributed by atoms with Crippen LogP contribution in [0.15, 0.2) is 4.47 Å². The maximum absolute atomic E-state index is 11.7. The zero-order valence-corrected chi connectivity index (χ0v) is 12.1. The fourth-order valence-corrected chi connectivity index (χ4v) is 2.68. The van der Waals surface area contributed by atoms with Gasteiger partial charge in [-0.3, -0.25) is 5.10 Å². The van der Waals surface area contributed by atoms with Gasteiger partial charge < -0.3 is 4.74 Å². The van der Waals surface area contributed by atoms with Crippen molar-refractivity contribution in [1.82, 2.24) is 10.2 Å². The van der Waals surface area contributed by atoms with Crippen LogP contribution in [0, 0.1) is 0 Å². The summed E-state index contributed by atoms with van der Waals surface area (Å²) < 4.78 is 5.92. The van der Waals surface area contributed by atoms with E-state index in [1.54, 1.807) is 11.8 Å². The second-order valence-corrected chi connectivity index (χ2v) is 6.09. The van der Waals surface area contributed by atoms with Gasteiger partial charge in [0.15, 0.2) is 5.69 Å². The van der Waals surface area contributed by atoms with E-state index >= 15 is 0 Å². The Labute approximate surface area is 113 Å². The molecule has 0 unspecified atom stereocenters. The number of aromatic amines is 1. The maximum atomic E-state index is 11.7. The zero-order valence-electron chi connectivity index (χ0n) is 9.66. The molecule has 1 saturated carbocycles. The van der Waals surface area contributed by atoms with Crippen LogP contribution in [0.1, 0.15) is 41.9 Å². The summed E-state index contributed by atoms with van der Waals surface area (Å²) in [4.78, 5) is 11.7. The molecule has 4 nitrogen and oxygen atoms in total. The van der Waals surface area contributed by atoms with Crippen LogP contribution in [-0.2, 0) is 4.74 Å². The lowest BCUT2D eigenvalue weighted by atomic mass is 10.3. The van der Waals surface area contributed by atoms with Crippen molar-refractivity contribution in [2.24, 2.45) is 0 Å². The van der Waals surface area contributed by atoms with E-state index < -0.39 is 0 Å². The summed E-state index contributed by atoms with van der Waals surface area (Å²) in [6, 6.07) is 0. The van der Waals surface area contributed by atoms with Gasteiger partial charge in [0, 0.05) is 11.7 Å². The predicted octanol–water partition coefficient (Wildman–Crippen LogP) is 2.96. The minimum atomic E-state index is -0.350. The summed E-state index contributed by atoms with van der Waals surface area (Å²) in [5.74, 6) is 2.06. The van der Waals surface area contributed by atoms with Crippen LogP contribution in [0.2, 0.25) is 0 Å². The Morgan fingerprint density at radius 1 is 1.65 bits per heavy atom. The third-order valence-electron chi connectivity index (χ3n) is 2.58. The van der Waals surface area contributed by atoms with Crippen molar-refractivity contribution in [3.05, 3.63) is 15.9 Å². The highest BCUT2D eigenvalue weighted by Gasteiger charge is 2.30. The maximum Gasteiger partial charge on any atom is 0.360 e. The molecule has 0 aliphatic heterocycles. The highest BCUT2D eigenvalue weighted by Crippen LogP contribution is 2.42. The van der Waals surface area contributed by atoms with E-state index in [4.69, 9.17) is 4.74 Å². The van der Waals surface area contributed by atoms with E-state index in [0.29, 0.717) is 18.2 Å². The number of hydrogen-bond donors (Lipinski definition) is 1. The summed E-state index contributed by atoms with van der Waals surface area (Å²) in [7, 11) is 0. The summed E-state index contributed by atoms with van der Waals surface area (Å²) >= 11 is 5.17. The lowest BCUT2D eigenvalue weighted by Crippen LogP contribution is -2.09. The first-order valence-corrected chi connectivity index (χ1v) is 7.67. The summed E-state index contributed by atoms with van der Waals surface area (Å²) in [5.41, 5.74) is 1.40. The van der Waals surface area contributed by atoms with Crippen LogP contribution in [0.5, 0.6) is 0 Å². The Kier molecular flexibility index (Phi) is 4.50. The number of aromatic nitrogens is 2. The lowest BCUT2D eigenvalue weighted by Gasteiger charge is -2.02. The van der Waals surface area contributed by atoms with Gasteiger partial charge in [0.05, 0.1) is 10.2 Å². The van der Waals surface area contributed by atoms with Crippen molar-refractivity contribution in [3.63, 3.8) is 0 Å². The van der Waals surface area contributed by atoms with E-state index in [-0.39, 0.29) is 5.97 Å². The van der Waals surface area contributed by atoms with Gasteiger partial charge >= 0.3 is 5.97 Å². The van der Waals surface area contributed by atoms with Crippen molar-refractivity contribution >= 4 is 33.7 Å². The Morgan fingerprint density at radius 2 is 2.41 bits per heavy atom. The summed E-state index contributed by atoms with van der Waals surface area (Å²) in [5, 5.41) is 6.94. The average Bonchev–Trinajstić information content (AvgIpc) is 3.08. The molecule has 1 aliphatic rings. The predicted molar refractivity (Wildman–Crippen MR) is 71.5 cm³/mol. The molecule has 0 saturated heterocycles. The Hall–Kier alpha value is -0.490. The third-order valence-corrected chi connectivity index (χ3v) is 4.24. The second-order valence-electron chi connectivity index (χ2n) is 3.91. The fraction of sp³-hybridized carbons (Fsp3) is 0.636. The molecule has 1 N–H and O–H groups in total. The van der Waals surface area contributed by atoms with E-state index in [0.717, 1.165) is 21.7 Å². The average molecular weight is 319 g/mol. The third kappa shape index (κ3) is 3.25. The summed E-state index contributed by atoms with van der Waals surface area (Å²) in [6.07, 6.45) is 2.34. The largest absolute Gasteiger partial charge is 0.460 e. The number of nitrogens with zero attached hydrogens (tertiary/aromatic N) is 1. The van der Waals surface area contributed by atoms with Gasteiger partial charge in [-0.05, 0) is 34.5 Å². The molecule has 0 spiro atoms.